The highest BCUT2D eigenvalue weighted by atomic mass is 35.5. The van der Waals surface area contributed by atoms with Crippen molar-refractivity contribution in [3.63, 3.8) is 0 Å². The van der Waals surface area contributed by atoms with Crippen molar-refractivity contribution in [1.82, 2.24) is 9.88 Å². The molecule has 2 heterocycles. The Morgan fingerprint density at radius 1 is 1.19 bits per heavy atom. The summed E-state index contributed by atoms with van der Waals surface area (Å²) in [7, 11) is 0. The van der Waals surface area contributed by atoms with Crippen LogP contribution in [0.1, 0.15) is 10.4 Å². The average Bonchev–Trinajstić information content (AvgIpc) is 2.68. The molecule has 0 radical (unpaired) electrons. The van der Waals surface area contributed by atoms with Crippen molar-refractivity contribution < 1.29 is 13.9 Å². The topological polar surface area (TPSA) is 54.5 Å². The molecule has 1 aliphatic heterocycles. The maximum Gasteiger partial charge on any atom is 0.257 e. The highest BCUT2D eigenvalue weighted by molar-refractivity contribution is 6.30. The number of pyridine rings is 1. The Kier molecular flexibility index (Phi) is 4.92. The third-order valence-corrected chi connectivity index (χ3v) is 4.69. The number of hydrogen-bond acceptors (Lipinski definition) is 4. The first kappa shape index (κ1) is 17.7. The molecule has 1 N–H and O–H groups in total. The molecule has 1 aliphatic rings. The van der Waals surface area contributed by atoms with Crippen LogP contribution in [0, 0.1) is 5.82 Å². The molecule has 3 aromatic rings. The van der Waals surface area contributed by atoms with E-state index < -0.39 is 5.82 Å². The fraction of sp³-hybridized carbons (Fsp3) is 0.200. The molecule has 7 heteroatoms. The van der Waals surface area contributed by atoms with Crippen LogP contribution in [0.5, 0.6) is 0 Å². The average molecular weight is 386 g/mol. The van der Waals surface area contributed by atoms with E-state index in [-0.39, 0.29) is 5.91 Å². The number of morpholine rings is 1. The Morgan fingerprint density at radius 2 is 2.00 bits per heavy atom. The highest BCUT2D eigenvalue weighted by Gasteiger charge is 2.23. The first-order chi connectivity index (χ1) is 13.1. The van der Waals surface area contributed by atoms with E-state index >= 15 is 0 Å². The largest absolute Gasteiger partial charge is 0.378 e. The smallest absolute Gasteiger partial charge is 0.257 e. The minimum atomic E-state index is -0.394. The molecule has 2 aromatic carbocycles. The van der Waals surface area contributed by atoms with E-state index in [4.69, 9.17) is 16.3 Å². The van der Waals surface area contributed by atoms with Crippen molar-refractivity contribution in [2.75, 3.05) is 31.6 Å². The lowest BCUT2D eigenvalue weighted by Crippen LogP contribution is -2.41. The van der Waals surface area contributed by atoms with Gasteiger partial charge in [0.1, 0.15) is 5.82 Å². The van der Waals surface area contributed by atoms with E-state index in [0.29, 0.717) is 59.2 Å². The van der Waals surface area contributed by atoms with E-state index in [1.54, 1.807) is 29.2 Å². The predicted molar refractivity (Wildman–Crippen MR) is 103 cm³/mol. The summed E-state index contributed by atoms with van der Waals surface area (Å²) < 4.78 is 19.2. The second-order valence-electron chi connectivity index (χ2n) is 6.25. The molecule has 0 aliphatic carbocycles. The number of anilines is 2. The molecule has 27 heavy (non-hydrogen) atoms. The lowest BCUT2D eigenvalue weighted by atomic mass is 10.1. The van der Waals surface area contributed by atoms with Gasteiger partial charge in [0.2, 0.25) is 0 Å². The number of ether oxygens (including phenoxy) is 1. The van der Waals surface area contributed by atoms with Gasteiger partial charge in [0.05, 0.1) is 30.0 Å². The molecule has 1 amide bonds. The maximum atomic E-state index is 13.9. The van der Waals surface area contributed by atoms with E-state index in [1.165, 1.54) is 18.3 Å². The van der Waals surface area contributed by atoms with Gasteiger partial charge in [-0.15, -0.1) is 0 Å². The number of benzene rings is 2. The lowest BCUT2D eigenvalue weighted by Gasteiger charge is -2.28. The van der Waals surface area contributed by atoms with Crippen molar-refractivity contribution >= 4 is 39.8 Å². The first-order valence-corrected chi connectivity index (χ1v) is 8.97. The van der Waals surface area contributed by atoms with Gasteiger partial charge < -0.3 is 15.0 Å². The van der Waals surface area contributed by atoms with Crippen LogP contribution in [0.15, 0.2) is 48.7 Å². The molecule has 5 nitrogen and oxygen atoms in total. The van der Waals surface area contributed by atoms with Gasteiger partial charge in [-0.25, -0.2) is 4.39 Å². The van der Waals surface area contributed by atoms with Crippen LogP contribution in [-0.4, -0.2) is 42.1 Å². The summed E-state index contributed by atoms with van der Waals surface area (Å²) in [6, 6.07) is 11.5. The van der Waals surface area contributed by atoms with E-state index in [1.807, 2.05) is 6.07 Å². The number of hydrogen-bond donors (Lipinski definition) is 1. The SMILES string of the molecule is O=C(c1cnc2ccc(F)cc2c1Nc1cccc(Cl)c1)N1CCOCC1. The normalized spacial score (nSPS) is 14.4. The quantitative estimate of drug-likeness (QED) is 0.732. The number of aromatic nitrogens is 1. The van der Waals surface area contributed by atoms with Crippen LogP contribution in [0.3, 0.4) is 0 Å². The molecular formula is C20H17ClFN3O2. The van der Waals surface area contributed by atoms with Crippen molar-refractivity contribution in [2.24, 2.45) is 0 Å². The number of carbonyl (C=O) groups excluding carboxylic acids is 1. The van der Waals surface area contributed by atoms with Gasteiger partial charge in [0.15, 0.2) is 0 Å². The minimum Gasteiger partial charge on any atom is -0.378 e. The summed E-state index contributed by atoms with van der Waals surface area (Å²) in [6.45, 7) is 2.02. The fourth-order valence-electron chi connectivity index (χ4n) is 3.11. The third-order valence-electron chi connectivity index (χ3n) is 4.45. The number of nitrogens with zero attached hydrogens (tertiary/aromatic N) is 2. The highest BCUT2D eigenvalue weighted by Crippen LogP contribution is 2.31. The van der Waals surface area contributed by atoms with E-state index in [9.17, 15) is 9.18 Å². The minimum absolute atomic E-state index is 0.165. The number of carbonyl (C=O) groups is 1. The zero-order chi connectivity index (χ0) is 18.8. The Morgan fingerprint density at radius 3 is 2.78 bits per heavy atom. The number of nitrogens with one attached hydrogen (secondary N) is 1. The van der Waals surface area contributed by atoms with Crippen LogP contribution in [0.25, 0.3) is 10.9 Å². The molecule has 0 atom stereocenters. The van der Waals surface area contributed by atoms with Gasteiger partial charge in [0, 0.05) is 35.4 Å². The Balaban J connectivity index is 1.83. The zero-order valence-electron chi connectivity index (χ0n) is 14.4. The number of halogens is 2. The summed E-state index contributed by atoms with van der Waals surface area (Å²) in [5.74, 6) is -0.559. The monoisotopic (exact) mass is 385 g/mol. The van der Waals surface area contributed by atoms with Crippen molar-refractivity contribution in [3.05, 3.63) is 65.1 Å². The van der Waals surface area contributed by atoms with Crippen LogP contribution in [-0.2, 0) is 4.74 Å². The summed E-state index contributed by atoms with van der Waals surface area (Å²) >= 11 is 6.08. The molecule has 1 saturated heterocycles. The fourth-order valence-corrected chi connectivity index (χ4v) is 3.30. The van der Waals surface area contributed by atoms with Crippen molar-refractivity contribution in [2.45, 2.75) is 0 Å². The Hall–Kier alpha value is -2.70. The summed E-state index contributed by atoms with van der Waals surface area (Å²) in [5.41, 5.74) is 2.20. The molecule has 1 fully saturated rings. The van der Waals surface area contributed by atoms with Gasteiger partial charge in [-0.2, -0.15) is 0 Å². The van der Waals surface area contributed by atoms with Gasteiger partial charge in [-0.3, -0.25) is 9.78 Å². The van der Waals surface area contributed by atoms with Gasteiger partial charge in [-0.05, 0) is 36.4 Å². The van der Waals surface area contributed by atoms with Crippen LogP contribution < -0.4 is 5.32 Å². The number of fused-ring (bicyclic) bond motifs is 1. The standard InChI is InChI=1S/C20H17ClFN3O2/c21-13-2-1-3-15(10-13)24-19-16-11-14(22)4-5-18(16)23-12-17(19)20(26)25-6-8-27-9-7-25/h1-5,10-12H,6-9H2,(H,23,24). The van der Waals surface area contributed by atoms with Gasteiger partial charge in [0.25, 0.3) is 5.91 Å². The zero-order valence-corrected chi connectivity index (χ0v) is 15.2. The van der Waals surface area contributed by atoms with E-state index in [0.717, 1.165) is 0 Å². The predicted octanol–water partition coefficient (Wildman–Crippen LogP) is 4.24. The Labute approximate surface area is 160 Å². The van der Waals surface area contributed by atoms with Crippen LogP contribution in [0.2, 0.25) is 5.02 Å². The number of amides is 1. The Bertz CT molecular complexity index is 1010. The second kappa shape index (κ2) is 7.50. The van der Waals surface area contributed by atoms with Crippen LogP contribution in [0.4, 0.5) is 15.8 Å². The first-order valence-electron chi connectivity index (χ1n) is 8.60. The van der Waals surface area contributed by atoms with Gasteiger partial charge >= 0.3 is 0 Å². The molecule has 0 saturated carbocycles. The number of rotatable bonds is 3. The van der Waals surface area contributed by atoms with Crippen molar-refractivity contribution in [3.8, 4) is 0 Å². The molecule has 0 spiro atoms. The molecule has 1 aromatic heterocycles. The summed E-state index contributed by atoms with van der Waals surface area (Å²) in [4.78, 5) is 19.1. The summed E-state index contributed by atoms with van der Waals surface area (Å²) in [5, 5.41) is 4.33. The maximum absolute atomic E-state index is 13.9. The van der Waals surface area contributed by atoms with Crippen LogP contribution >= 0.6 is 11.6 Å². The second-order valence-corrected chi connectivity index (χ2v) is 6.68. The molecule has 4 rings (SSSR count). The molecule has 138 valence electrons. The van der Waals surface area contributed by atoms with Gasteiger partial charge in [-0.1, -0.05) is 17.7 Å². The van der Waals surface area contributed by atoms with Crippen molar-refractivity contribution in [1.29, 1.82) is 0 Å². The molecule has 0 bridgehead atoms. The summed E-state index contributed by atoms with van der Waals surface area (Å²) in [6.07, 6.45) is 1.53. The molecular weight excluding hydrogens is 369 g/mol. The van der Waals surface area contributed by atoms with E-state index in [2.05, 4.69) is 10.3 Å². The third kappa shape index (κ3) is 3.72. The lowest BCUT2D eigenvalue weighted by molar-refractivity contribution is 0.0303. The molecule has 0 unspecified atom stereocenters.